The lowest BCUT2D eigenvalue weighted by Gasteiger charge is -2.10. The number of carbonyl (C=O) groups is 1. The molecule has 3 N–H and O–H groups in total. The van der Waals surface area contributed by atoms with E-state index in [-0.39, 0.29) is 29.7 Å². The molecule has 0 aromatic heterocycles. The molecule has 0 aliphatic carbocycles. The Morgan fingerprint density at radius 1 is 1.50 bits per heavy atom. The number of nitro groups is 1. The third-order valence-corrected chi connectivity index (χ3v) is 2.15. The van der Waals surface area contributed by atoms with Crippen LogP contribution in [0.4, 0.5) is 11.4 Å². The van der Waals surface area contributed by atoms with Crippen molar-refractivity contribution in [2.45, 2.75) is 19.9 Å². The highest BCUT2D eigenvalue weighted by molar-refractivity contribution is 5.96. The van der Waals surface area contributed by atoms with Gasteiger partial charge in [-0.2, -0.15) is 0 Å². The number of anilines is 1. The monoisotopic (exact) mass is 253 g/mol. The van der Waals surface area contributed by atoms with E-state index in [0.717, 1.165) is 0 Å². The van der Waals surface area contributed by atoms with E-state index in [1.807, 2.05) is 13.8 Å². The summed E-state index contributed by atoms with van der Waals surface area (Å²) in [5, 5.41) is 25.5. The first-order valence-corrected chi connectivity index (χ1v) is 5.41. The van der Waals surface area contributed by atoms with Gasteiger partial charge < -0.3 is 15.7 Å². The average molecular weight is 253 g/mol. The molecule has 1 aromatic carbocycles. The van der Waals surface area contributed by atoms with Crippen molar-refractivity contribution in [1.82, 2.24) is 5.32 Å². The molecular formula is C11H15N3O4. The van der Waals surface area contributed by atoms with Crippen molar-refractivity contribution >= 4 is 17.3 Å². The number of aromatic hydroxyl groups is 1. The zero-order valence-corrected chi connectivity index (χ0v) is 10.1. The van der Waals surface area contributed by atoms with Gasteiger partial charge in [0, 0.05) is 12.1 Å². The van der Waals surface area contributed by atoms with Gasteiger partial charge in [0.15, 0.2) is 5.69 Å². The van der Waals surface area contributed by atoms with Crippen LogP contribution in [0.15, 0.2) is 18.2 Å². The third-order valence-electron chi connectivity index (χ3n) is 2.15. The molecule has 0 aliphatic rings. The van der Waals surface area contributed by atoms with Crippen LogP contribution in [-0.4, -0.2) is 28.5 Å². The minimum absolute atomic E-state index is 0.0170. The summed E-state index contributed by atoms with van der Waals surface area (Å²) in [6.45, 7) is 3.76. The molecule has 0 spiro atoms. The van der Waals surface area contributed by atoms with E-state index in [2.05, 4.69) is 10.6 Å². The first-order chi connectivity index (χ1) is 8.41. The summed E-state index contributed by atoms with van der Waals surface area (Å²) in [6, 6.07) is 3.95. The lowest BCUT2D eigenvalue weighted by Crippen LogP contribution is -2.32. The van der Waals surface area contributed by atoms with Gasteiger partial charge in [0.05, 0.1) is 11.5 Å². The maximum atomic E-state index is 11.5. The fourth-order valence-electron chi connectivity index (χ4n) is 1.29. The van der Waals surface area contributed by atoms with Crippen LogP contribution in [0.1, 0.15) is 13.8 Å². The number of nitro benzene ring substituents is 1. The van der Waals surface area contributed by atoms with E-state index in [1.54, 1.807) is 0 Å². The Labute approximate surface area is 104 Å². The zero-order valence-electron chi connectivity index (χ0n) is 10.1. The molecule has 0 bridgehead atoms. The van der Waals surface area contributed by atoms with Crippen molar-refractivity contribution < 1.29 is 14.8 Å². The SMILES string of the molecule is CC(C)NCC(=O)Nc1c(O)cccc1[N+](=O)[O-]. The number of phenols is 1. The van der Waals surface area contributed by atoms with E-state index in [4.69, 9.17) is 0 Å². The summed E-state index contributed by atoms with van der Waals surface area (Å²) < 4.78 is 0. The molecule has 0 aliphatic heterocycles. The van der Waals surface area contributed by atoms with Crippen LogP contribution in [-0.2, 0) is 4.79 Å². The number of rotatable bonds is 5. The normalized spacial score (nSPS) is 10.4. The van der Waals surface area contributed by atoms with Gasteiger partial charge in [-0.25, -0.2) is 0 Å². The highest BCUT2D eigenvalue weighted by atomic mass is 16.6. The van der Waals surface area contributed by atoms with Crippen molar-refractivity contribution in [2.75, 3.05) is 11.9 Å². The molecule has 1 aromatic rings. The molecule has 0 fully saturated rings. The number of benzene rings is 1. The predicted octanol–water partition coefficient (Wildman–Crippen LogP) is 1.24. The van der Waals surface area contributed by atoms with Crippen LogP contribution in [0.3, 0.4) is 0 Å². The van der Waals surface area contributed by atoms with E-state index >= 15 is 0 Å². The van der Waals surface area contributed by atoms with E-state index in [9.17, 15) is 20.0 Å². The summed E-state index contributed by atoms with van der Waals surface area (Å²) in [5.41, 5.74) is -0.522. The van der Waals surface area contributed by atoms with Crippen LogP contribution >= 0.6 is 0 Å². The maximum absolute atomic E-state index is 11.5. The number of phenolic OH excluding ortho intramolecular Hbond substituents is 1. The highest BCUT2D eigenvalue weighted by Crippen LogP contribution is 2.32. The largest absolute Gasteiger partial charge is 0.505 e. The van der Waals surface area contributed by atoms with Crippen molar-refractivity contribution in [3.8, 4) is 5.75 Å². The van der Waals surface area contributed by atoms with Gasteiger partial charge in [-0.05, 0) is 6.07 Å². The van der Waals surface area contributed by atoms with Crippen molar-refractivity contribution in [2.24, 2.45) is 0 Å². The lowest BCUT2D eigenvalue weighted by molar-refractivity contribution is -0.384. The van der Waals surface area contributed by atoms with Gasteiger partial charge in [0.1, 0.15) is 5.75 Å². The number of carbonyl (C=O) groups excluding carboxylic acids is 1. The zero-order chi connectivity index (χ0) is 13.7. The van der Waals surface area contributed by atoms with Crippen LogP contribution in [0.5, 0.6) is 5.75 Å². The van der Waals surface area contributed by atoms with E-state index < -0.39 is 10.8 Å². The highest BCUT2D eigenvalue weighted by Gasteiger charge is 2.19. The second kappa shape index (κ2) is 5.97. The molecule has 18 heavy (non-hydrogen) atoms. The number of amides is 1. The molecule has 0 atom stereocenters. The Kier molecular flexibility index (Phi) is 4.61. The topological polar surface area (TPSA) is 104 Å². The minimum Gasteiger partial charge on any atom is -0.505 e. The number of nitrogens with zero attached hydrogens (tertiary/aromatic N) is 1. The van der Waals surface area contributed by atoms with E-state index in [1.165, 1.54) is 18.2 Å². The second-order valence-corrected chi connectivity index (χ2v) is 4.01. The summed E-state index contributed by atoms with van der Waals surface area (Å²) in [6.07, 6.45) is 0. The Balaban J connectivity index is 2.83. The number of para-hydroxylation sites is 1. The lowest BCUT2D eigenvalue weighted by atomic mass is 10.2. The molecular weight excluding hydrogens is 238 g/mol. The molecule has 7 nitrogen and oxygen atoms in total. The van der Waals surface area contributed by atoms with Crippen LogP contribution in [0.2, 0.25) is 0 Å². The second-order valence-electron chi connectivity index (χ2n) is 4.01. The molecule has 0 saturated heterocycles. The molecule has 1 rings (SSSR count). The Hall–Kier alpha value is -2.15. The Morgan fingerprint density at radius 2 is 2.17 bits per heavy atom. The third kappa shape index (κ3) is 3.70. The summed E-state index contributed by atoms with van der Waals surface area (Å²) in [7, 11) is 0. The molecule has 7 heteroatoms. The molecule has 1 amide bonds. The summed E-state index contributed by atoms with van der Waals surface area (Å²) in [5.74, 6) is -0.782. The quantitative estimate of drug-likeness (QED) is 0.416. The van der Waals surface area contributed by atoms with Gasteiger partial charge in [-0.1, -0.05) is 19.9 Å². The van der Waals surface area contributed by atoms with Crippen LogP contribution < -0.4 is 10.6 Å². The van der Waals surface area contributed by atoms with Gasteiger partial charge in [-0.15, -0.1) is 0 Å². The van der Waals surface area contributed by atoms with Gasteiger partial charge >= 0.3 is 0 Å². The Bertz CT molecular complexity index is 460. The van der Waals surface area contributed by atoms with Crippen LogP contribution in [0, 0.1) is 10.1 Å². The van der Waals surface area contributed by atoms with Crippen molar-refractivity contribution in [3.05, 3.63) is 28.3 Å². The standard InChI is InChI=1S/C11H15N3O4/c1-7(2)12-6-10(16)13-11-8(14(17)18)4-3-5-9(11)15/h3-5,7,12,15H,6H2,1-2H3,(H,13,16). The van der Waals surface area contributed by atoms with Gasteiger partial charge in [0.2, 0.25) is 5.91 Å². The smallest absolute Gasteiger partial charge is 0.296 e. The van der Waals surface area contributed by atoms with Crippen molar-refractivity contribution in [3.63, 3.8) is 0 Å². The molecule has 0 heterocycles. The van der Waals surface area contributed by atoms with E-state index in [0.29, 0.717) is 0 Å². The van der Waals surface area contributed by atoms with Gasteiger partial charge in [0.25, 0.3) is 5.69 Å². The van der Waals surface area contributed by atoms with Crippen LogP contribution in [0.25, 0.3) is 0 Å². The molecule has 0 saturated carbocycles. The first kappa shape index (κ1) is 13.9. The minimum atomic E-state index is -0.662. The van der Waals surface area contributed by atoms with Gasteiger partial charge in [-0.3, -0.25) is 14.9 Å². The Morgan fingerprint density at radius 3 is 2.72 bits per heavy atom. The average Bonchev–Trinajstić information content (AvgIpc) is 2.28. The fourth-order valence-corrected chi connectivity index (χ4v) is 1.29. The summed E-state index contributed by atoms with van der Waals surface area (Å²) in [4.78, 5) is 21.6. The summed E-state index contributed by atoms with van der Waals surface area (Å²) >= 11 is 0. The molecule has 98 valence electrons. The fraction of sp³-hybridized carbons (Fsp3) is 0.364. The number of hydrogen-bond donors (Lipinski definition) is 3. The molecule has 0 radical (unpaired) electrons. The first-order valence-electron chi connectivity index (χ1n) is 5.41. The number of nitrogens with one attached hydrogen (secondary N) is 2. The molecule has 0 unspecified atom stereocenters. The predicted molar refractivity (Wildman–Crippen MR) is 66.5 cm³/mol. The number of hydrogen-bond acceptors (Lipinski definition) is 5. The maximum Gasteiger partial charge on any atom is 0.296 e. The van der Waals surface area contributed by atoms with Crippen molar-refractivity contribution in [1.29, 1.82) is 0 Å².